The highest BCUT2D eigenvalue weighted by molar-refractivity contribution is 5.44. The van der Waals surface area contributed by atoms with Crippen LogP contribution >= 0.6 is 0 Å². The zero-order valence-electron chi connectivity index (χ0n) is 15.0. The predicted octanol–water partition coefficient (Wildman–Crippen LogP) is 6.08. The van der Waals surface area contributed by atoms with Crippen molar-refractivity contribution in [3.05, 3.63) is 101 Å². The van der Waals surface area contributed by atoms with Crippen molar-refractivity contribution in [2.75, 3.05) is 0 Å². The molecule has 1 heteroatoms. The first-order chi connectivity index (χ1) is 12.1. The van der Waals surface area contributed by atoms with E-state index in [2.05, 4.69) is 74.5 Å². The number of hydrogen-bond acceptors (Lipinski definition) is 1. The van der Waals surface area contributed by atoms with E-state index in [1.54, 1.807) is 0 Å². The van der Waals surface area contributed by atoms with Crippen LogP contribution in [0.3, 0.4) is 0 Å². The van der Waals surface area contributed by atoms with Crippen molar-refractivity contribution >= 4 is 0 Å². The zero-order valence-corrected chi connectivity index (χ0v) is 15.0. The first kappa shape index (κ1) is 17.3. The van der Waals surface area contributed by atoms with Gasteiger partial charge in [0, 0.05) is 5.56 Å². The van der Waals surface area contributed by atoms with Crippen LogP contribution in [0.2, 0.25) is 0 Å². The molecule has 0 aliphatic carbocycles. The van der Waals surface area contributed by atoms with Gasteiger partial charge in [0.15, 0.2) is 0 Å². The van der Waals surface area contributed by atoms with Crippen molar-refractivity contribution < 1.29 is 5.11 Å². The maximum absolute atomic E-state index is 10.6. The van der Waals surface area contributed by atoms with Gasteiger partial charge in [-0.3, -0.25) is 0 Å². The van der Waals surface area contributed by atoms with Crippen LogP contribution < -0.4 is 0 Å². The molecule has 3 rings (SSSR count). The second-order valence-electron chi connectivity index (χ2n) is 6.96. The lowest BCUT2D eigenvalue weighted by atomic mass is 9.83. The molecule has 3 aromatic rings. The summed E-state index contributed by atoms with van der Waals surface area (Å²) in [4.78, 5) is 0. The Labute approximate surface area is 151 Å². The van der Waals surface area contributed by atoms with E-state index in [4.69, 9.17) is 0 Å². The maximum atomic E-state index is 10.6. The lowest BCUT2D eigenvalue weighted by Gasteiger charge is -2.22. The average Bonchev–Trinajstić information content (AvgIpc) is 2.63. The minimum absolute atomic E-state index is 0.275. The largest absolute Gasteiger partial charge is 0.508 e. The highest BCUT2D eigenvalue weighted by Gasteiger charge is 2.19. The van der Waals surface area contributed by atoms with Crippen LogP contribution in [0.25, 0.3) is 0 Å². The standard InChI is InChI=1S/C24H26O/c1-18(16-20-10-5-3-6-11-20)22-14-9-15-23(25)24(22)19(2)17-21-12-7-4-8-13-21/h3-15,18-19,25H,16-17H2,1-2H3. The third-order valence-electron chi connectivity index (χ3n) is 4.91. The van der Waals surface area contributed by atoms with Gasteiger partial charge < -0.3 is 5.11 Å². The molecule has 0 spiro atoms. The lowest BCUT2D eigenvalue weighted by Crippen LogP contribution is -2.07. The van der Waals surface area contributed by atoms with Crippen LogP contribution in [-0.2, 0) is 12.8 Å². The van der Waals surface area contributed by atoms with Crippen molar-refractivity contribution in [2.45, 2.75) is 38.5 Å². The quantitative estimate of drug-likeness (QED) is 0.580. The number of phenols is 1. The first-order valence-electron chi connectivity index (χ1n) is 9.04. The third-order valence-corrected chi connectivity index (χ3v) is 4.91. The van der Waals surface area contributed by atoms with E-state index < -0.39 is 0 Å². The summed E-state index contributed by atoms with van der Waals surface area (Å²) in [5.74, 6) is 1.06. The van der Waals surface area contributed by atoms with E-state index in [0.29, 0.717) is 11.7 Å². The Bertz CT molecular complexity index is 793. The molecule has 128 valence electrons. The first-order valence-corrected chi connectivity index (χ1v) is 9.04. The molecule has 0 aliphatic rings. The molecule has 0 aliphatic heterocycles. The Balaban J connectivity index is 1.86. The van der Waals surface area contributed by atoms with Gasteiger partial charge in [0.05, 0.1) is 0 Å². The molecule has 0 heterocycles. The molecule has 2 unspecified atom stereocenters. The molecule has 0 aromatic heterocycles. The van der Waals surface area contributed by atoms with Gasteiger partial charge in [-0.1, -0.05) is 86.6 Å². The Hall–Kier alpha value is -2.54. The van der Waals surface area contributed by atoms with Gasteiger partial charge in [0.2, 0.25) is 0 Å². The SMILES string of the molecule is CC(Cc1ccccc1)c1cccc(O)c1C(C)Cc1ccccc1. The molecular weight excluding hydrogens is 304 g/mol. The van der Waals surface area contributed by atoms with Crippen molar-refractivity contribution in [1.29, 1.82) is 0 Å². The smallest absolute Gasteiger partial charge is 0.119 e. The normalized spacial score (nSPS) is 13.4. The molecule has 0 amide bonds. The fourth-order valence-electron chi connectivity index (χ4n) is 3.68. The average molecular weight is 330 g/mol. The second kappa shape index (κ2) is 8.02. The van der Waals surface area contributed by atoms with E-state index in [1.165, 1.54) is 16.7 Å². The Morgan fingerprint density at radius 1 is 0.640 bits per heavy atom. The van der Waals surface area contributed by atoms with Gasteiger partial charge in [-0.05, 0) is 47.4 Å². The molecule has 1 nitrogen and oxygen atoms in total. The Morgan fingerprint density at radius 2 is 1.16 bits per heavy atom. The van der Waals surface area contributed by atoms with Crippen molar-refractivity contribution in [3.8, 4) is 5.75 Å². The molecule has 0 saturated carbocycles. The van der Waals surface area contributed by atoms with Crippen LogP contribution in [-0.4, -0.2) is 5.11 Å². The van der Waals surface area contributed by atoms with Gasteiger partial charge in [-0.2, -0.15) is 0 Å². The summed E-state index contributed by atoms with van der Waals surface area (Å²) in [7, 11) is 0. The Kier molecular flexibility index (Phi) is 5.55. The van der Waals surface area contributed by atoms with E-state index in [9.17, 15) is 5.11 Å². The topological polar surface area (TPSA) is 20.2 Å². The maximum Gasteiger partial charge on any atom is 0.119 e. The molecule has 2 atom stereocenters. The predicted molar refractivity (Wildman–Crippen MR) is 105 cm³/mol. The van der Waals surface area contributed by atoms with Gasteiger partial charge in [-0.15, -0.1) is 0 Å². The second-order valence-corrected chi connectivity index (χ2v) is 6.96. The number of phenolic OH excluding ortho intramolecular Hbond substituents is 1. The molecule has 0 fully saturated rings. The minimum atomic E-state index is 0.275. The minimum Gasteiger partial charge on any atom is -0.508 e. The van der Waals surface area contributed by atoms with Gasteiger partial charge in [0.1, 0.15) is 5.75 Å². The van der Waals surface area contributed by atoms with Crippen LogP contribution in [0.1, 0.15) is 47.9 Å². The third kappa shape index (κ3) is 4.30. The number of rotatable bonds is 6. The van der Waals surface area contributed by atoms with Gasteiger partial charge >= 0.3 is 0 Å². The van der Waals surface area contributed by atoms with Crippen molar-refractivity contribution in [3.63, 3.8) is 0 Å². The number of aromatic hydroxyl groups is 1. The fraction of sp³-hybridized carbons (Fsp3) is 0.250. The summed E-state index contributed by atoms with van der Waals surface area (Å²) in [6.07, 6.45) is 1.92. The molecular formula is C24H26O. The molecule has 0 radical (unpaired) electrons. The monoisotopic (exact) mass is 330 g/mol. The number of hydrogen-bond donors (Lipinski definition) is 1. The molecule has 25 heavy (non-hydrogen) atoms. The summed E-state index contributed by atoms with van der Waals surface area (Å²) >= 11 is 0. The Morgan fingerprint density at radius 3 is 1.72 bits per heavy atom. The van der Waals surface area contributed by atoms with Crippen LogP contribution in [0.5, 0.6) is 5.75 Å². The van der Waals surface area contributed by atoms with E-state index in [1.807, 2.05) is 18.2 Å². The highest BCUT2D eigenvalue weighted by atomic mass is 16.3. The van der Waals surface area contributed by atoms with Crippen molar-refractivity contribution in [2.24, 2.45) is 0 Å². The highest BCUT2D eigenvalue weighted by Crippen LogP contribution is 2.36. The summed E-state index contributed by atoms with van der Waals surface area (Å²) < 4.78 is 0. The molecule has 1 N–H and O–H groups in total. The van der Waals surface area contributed by atoms with E-state index >= 15 is 0 Å². The number of benzene rings is 3. The van der Waals surface area contributed by atoms with Crippen molar-refractivity contribution in [1.82, 2.24) is 0 Å². The van der Waals surface area contributed by atoms with Crippen LogP contribution in [0.4, 0.5) is 0 Å². The van der Waals surface area contributed by atoms with E-state index in [-0.39, 0.29) is 5.92 Å². The summed E-state index contributed by atoms with van der Waals surface area (Å²) in [5, 5.41) is 10.6. The summed E-state index contributed by atoms with van der Waals surface area (Å²) in [6, 6.07) is 27.0. The van der Waals surface area contributed by atoms with Crippen LogP contribution in [0.15, 0.2) is 78.9 Å². The van der Waals surface area contributed by atoms with Crippen LogP contribution in [0, 0.1) is 0 Å². The lowest BCUT2D eigenvalue weighted by molar-refractivity contribution is 0.459. The molecule has 0 saturated heterocycles. The fourth-order valence-corrected chi connectivity index (χ4v) is 3.68. The zero-order chi connectivity index (χ0) is 17.6. The van der Waals surface area contributed by atoms with Gasteiger partial charge in [-0.25, -0.2) is 0 Å². The summed E-state index contributed by atoms with van der Waals surface area (Å²) in [6.45, 7) is 4.46. The summed E-state index contributed by atoms with van der Waals surface area (Å²) in [5.41, 5.74) is 4.99. The molecule has 0 bridgehead atoms. The molecule has 3 aromatic carbocycles. The van der Waals surface area contributed by atoms with E-state index in [0.717, 1.165) is 18.4 Å². The van der Waals surface area contributed by atoms with Gasteiger partial charge in [0.25, 0.3) is 0 Å².